The smallest absolute Gasteiger partial charge is 0.372 e. The first-order valence-electron chi connectivity index (χ1n) is 11.6. The number of carbonyl (C=O) groups excluding carboxylic acids is 2. The molecule has 0 spiro atoms. The average molecular weight is 505 g/mol. The number of likely N-dealkylation sites (tertiary alicyclic amines) is 1. The Labute approximate surface area is 209 Å². The van der Waals surface area contributed by atoms with E-state index in [9.17, 15) is 22.6 Å². The van der Waals surface area contributed by atoms with Crippen LogP contribution in [0.15, 0.2) is 77.3 Å². The largest absolute Gasteiger partial charge is 0.417 e. The Morgan fingerprint density at radius 1 is 0.889 bits per heavy atom. The van der Waals surface area contributed by atoms with Gasteiger partial charge in [0.05, 0.1) is 16.2 Å². The molecule has 1 amide bonds. The molecule has 2 aliphatic rings. The monoisotopic (exact) mass is 504 g/mol. The Morgan fingerprint density at radius 3 is 2.33 bits per heavy atom. The predicted octanol–water partition coefficient (Wildman–Crippen LogP) is 4.30. The van der Waals surface area contributed by atoms with E-state index in [0.717, 1.165) is 33.5 Å². The summed E-state index contributed by atoms with van der Waals surface area (Å²) >= 11 is 0. The van der Waals surface area contributed by atoms with Gasteiger partial charge in [0, 0.05) is 24.9 Å². The molecule has 2 heterocycles. The zero-order valence-corrected chi connectivity index (χ0v) is 20.2. The predicted molar refractivity (Wildman–Crippen MR) is 132 cm³/mol. The standard InChI is InChI=1S/C27H24N2O6S/c30-26(20-5-2-1-3-6-20)35-27(31)29-15-12-18(13-16-29)24-23-11-10-22(36(32,33)34)17-21(23)9-8-19-7-4-14-28-25(19)24/h1-7,10-11,14,17H,8-9,12-13,15-16H2,(H,32,33,34). The number of esters is 1. The van der Waals surface area contributed by atoms with Gasteiger partial charge in [-0.25, -0.2) is 9.59 Å². The number of nitrogens with zero attached hydrogens (tertiary/aromatic N) is 2. The zero-order valence-electron chi connectivity index (χ0n) is 19.4. The van der Waals surface area contributed by atoms with Crippen LogP contribution >= 0.6 is 0 Å². The van der Waals surface area contributed by atoms with Gasteiger partial charge in [-0.2, -0.15) is 8.42 Å². The summed E-state index contributed by atoms with van der Waals surface area (Å²) in [7, 11) is -4.32. The quantitative estimate of drug-likeness (QED) is 0.314. The van der Waals surface area contributed by atoms with E-state index in [0.29, 0.717) is 44.3 Å². The number of amides is 1. The minimum Gasteiger partial charge on any atom is -0.372 e. The van der Waals surface area contributed by atoms with E-state index in [-0.39, 0.29) is 4.90 Å². The summed E-state index contributed by atoms with van der Waals surface area (Å²) in [5.41, 5.74) is 5.95. The van der Waals surface area contributed by atoms with Gasteiger partial charge in [-0.3, -0.25) is 9.54 Å². The molecule has 0 unspecified atom stereocenters. The number of fused-ring (bicyclic) bond motifs is 2. The molecule has 1 aliphatic heterocycles. The highest BCUT2D eigenvalue weighted by Gasteiger charge is 2.28. The molecule has 1 aliphatic carbocycles. The van der Waals surface area contributed by atoms with Crippen molar-refractivity contribution < 1.29 is 27.3 Å². The molecular weight excluding hydrogens is 480 g/mol. The van der Waals surface area contributed by atoms with Gasteiger partial charge >= 0.3 is 12.1 Å². The van der Waals surface area contributed by atoms with Gasteiger partial charge in [0.15, 0.2) is 0 Å². The van der Waals surface area contributed by atoms with Crippen LogP contribution in [0, 0.1) is 0 Å². The number of aryl methyl sites for hydroxylation is 2. The second-order valence-corrected chi connectivity index (χ2v) is 10.2. The number of piperidine rings is 1. The van der Waals surface area contributed by atoms with Crippen molar-refractivity contribution in [2.75, 3.05) is 13.1 Å². The van der Waals surface area contributed by atoms with Crippen molar-refractivity contribution in [3.63, 3.8) is 0 Å². The van der Waals surface area contributed by atoms with E-state index in [1.54, 1.807) is 42.6 Å². The fourth-order valence-corrected chi connectivity index (χ4v) is 5.32. The summed E-state index contributed by atoms with van der Waals surface area (Å²) in [5, 5.41) is 0. The van der Waals surface area contributed by atoms with Crippen molar-refractivity contribution in [2.24, 2.45) is 0 Å². The van der Waals surface area contributed by atoms with Crippen molar-refractivity contribution >= 4 is 27.8 Å². The number of hydrogen-bond donors (Lipinski definition) is 1. The average Bonchev–Trinajstić information content (AvgIpc) is 3.05. The molecule has 0 atom stereocenters. The number of aromatic nitrogens is 1. The minimum atomic E-state index is -4.32. The Kier molecular flexibility index (Phi) is 6.42. The maximum atomic E-state index is 12.6. The molecule has 1 saturated heterocycles. The topological polar surface area (TPSA) is 114 Å². The van der Waals surface area contributed by atoms with Gasteiger partial charge in [0.2, 0.25) is 0 Å². The Bertz CT molecular complexity index is 1470. The second-order valence-electron chi connectivity index (χ2n) is 8.79. The Morgan fingerprint density at radius 2 is 1.61 bits per heavy atom. The molecule has 0 saturated carbocycles. The van der Waals surface area contributed by atoms with Crippen molar-refractivity contribution in [2.45, 2.75) is 30.6 Å². The summed E-state index contributed by atoms with van der Waals surface area (Å²) in [6.07, 6.45) is 3.46. The molecule has 0 bridgehead atoms. The zero-order chi connectivity index (χ0) is 25.3. The maximum absolute atomic E-state index is 12.6. The van der Waals surface area contributed by atoms with Crippen LogP contribution in [-0.2, 0) is 27.7 Å². The third-order valence-electron chi connectivity index (χ3n) is 6.60. The van der Waals surface area contributed by atoms with Crippen LogP contribution in [0.1, 0.15) is 45.6 Å². The van der Waals surface area contributed by atoms with Gasteiger partial charge in [0.25, 0.3) is 10.1 Å². The number of pyridine rings is 1. The lowest BCUT2D eigenvalue weighted by Gasteiger charge is -2.29. The van der Waals surface area contributed by atoms with E-state index in [1.807, 2.05) is 12.1 Å². The highest BCUT2D eigenvalue weighted by Crippen LogP contribution is 2.38. The lowest BCUT2D eigenvalue weighted by molar-refractivity contribution is 0.0536. The highest BCUT2D eigenvalue weighted by molar-refractivity contribution is 7.85. The summed E-state index contributed by atoms with van der Waals surface area (Å²) < 4.78 is 38.1. The van der Waals surface area contributed by atoms with Crippen molar-refractivity contribution in [1.29, 1.82) is 0 Å². The first-order valence-corrected chi connectivity index (χ1v) is 13.1. The normalized spacial score (nSPS) is 15.5. The summed E-state index contributed by atoms with van der Waals surface area (Å²) in [4.78, 5) is 30.9. The number of rotatable bonds is 2. The molecular formula is C27H24N2O6S. The SMILES string of the molecule is O=C(OC(=O)N1CCC(=C2c3ccc(S(=O)(=O)O)cc3CCc3cccnc32)CC1)c1ccccc1. The summed E-state index contributed by atoms with van der Waals surface area (Å²) in [5.74, 6) is -0.685. The minimum absolute atomic E-state index is 0.134. The van der Waals surface area contributed by atoms with E-state index in [2.05, 4.69) is 4.98 Å². The van der Waals surface area contributed by atoms with E-state index in [1.165, 1.54) is 17.0 Å². The Balaban J connectivity index is 1.43. The van der Waals surface area contributed by atoms with Crippen LogP contribution in [-0.4, -0.2) is 48.0 Å². The molecule has 1 fully saturated rings. The number of ether oxygens (including phenoxy) is 1. The Hall–Kier alpha value is -3.82. The van der Waals surface area contributed by atoms with Crippen LogP contribution in [0.5, 0.6) is 0 Å². The number of hydrogen-bond acceptors (Lipinski definition) is 6. The van der Waals surface area contributed by atoms with E-state index < -0.39 is 22.2 Å². The van der Waals surface area contributed by atoms with Gasteiger partial charge in [-0.15, -0.1) is 0 Å². The van der Waals surface area contributed by atoms with Crippen molar-refractivity contribution in [1.82, 2.24) is 9.88 Å². The van der Waals surface area contributed by atoms with Crippen LogP contribution in [0.2, 0.25) is 0 Å². The first-order chi connectivity index (χ1) is 17.3. The van der Waals surface area contributed by atoms with Gasteiger partial charge in [0.1, 0.15) is 0 Å². The molecule has 5 rings (SSSR count). The molecule has 1 N–H and O–H groups in total. The third-order valence-corrected chi connectivity index (χ3v) is 7.45. The molecule has 2 aromatic carbocycles. The van der Waals surface area contributed by atoms with Gasteiger partial charge in [-0.05, 0) is 72.7 Å². The van der Waals surface area contributed by atoms with Crippen LogP contribution in [0.3, 0.4) is 0 Å². The van der Waals surface area contributed by atoms with E-state index >= 15 is 0 Å². The number of carbonyl (C=O) groups is 2. The summed E-state index contributed by atoms with van der Waals surface area (Å²) in [6.45, 7) is 0.751. The van der Waals surface area contributed by atoms with Crippen LogP contribution < -0.4 is 0 Å². The molecule has 8 nitrogen and oxygen atoms in total. The van der Waals surface area contributed by atoms with E-state index in [4.69, 9.17) is 4.74 Å². The molecule has 36 heavy (non-hydrogen) atoms. The fourth-order valence-electron chi connectivity index (χ4n) is 4.79. The molecule has 9 heteroatoms. The maximum Gasteiger partial charge on any atom is 0.417 e. The lowest BCUT2D eigenvalue weighted by Crippen LogP contribution is -2.38. The van der Waals surface area contributed by atoms with Crippen molar-refractivity contribution in [3.8, 4) is 0 Å². The second kappa shape index (κ2) is 9.67. The van der Waals surface area contributed by atoms with Crippen molar-refractivity contribution in [3.05, 3.63) is 100 Å². The molecule has 1 aromatic heterocycles. The summed E-state index contributed by atoms with van der Waals surface area (Å²) in [6, 6.07) is 16.9. The fraction of sp³-hybridized carbons (Fsp3) is 0.222. The van der Waals surface area contributed by atoms with Gasteiger partial charge in [-0.1, -0.05) is 35.9 Å². The van der Waals surface area contributed by atoms with Gasteiger partial charge < -0.3 is 9.64 Å². The third kappa shape index (κ3) is 4.80. The molecule has 184 valence electrons. The van der Waals surface area contributed by atoms with Crippen LogP contribution in [0.25, 0.3) is 5.57 Å². The molecule has 0 radical (unpaired) electrons. The lowest BCUT2D eigenvalue weighted by atomic mass is 9.88. The highest BCUT2D eigenvalue weighted by atomic mass is 32.2. The number of benzene rings is 2. The molecule has 3 aromatic rings. The first kappa shape index (κ1) is 23.9. The van der Waals surface area contributed by atoms with Crippen LogP contribution in [0.4, 0.5) is 4.79 Å².